The summed E-state index contributed by atoms with van der Waals surface area (Å²) in [5.41, 5.74) is 2.22. The molecule has 1 heterocycles. The molecule has 4 aromatic rings. The molecule has 0 amide bonds. The summed E-state index contributed by atoms with van der Waals surface area (Å²) in [6.45, 7) is 0. The van der Waals surface area contributed by atoms with Gasteiger partial charge in [-0.2, -0.15) is 0 Å². The summed E-state index contributed by atoms with van der Waals surface area (Å²) in [5.74, 6) is 0. The monoisotopic (exact) mass is 294 g/mol. The highest BCUT2D eigenvalue weighted by Gasteiger charge is 2.09. The Kier molecular flexibility index (Phi) is 2.62. The van der Waals surface area contributed by atoms with Gasteiger partial charge in [0, 0.05) is 5.02 Å². The van der Waals surface area contributed by atoms with Gasteiger partial charge in [-0.3, -0.25) is 4.57 Å². The maximum Gasteiger partial charge on any atom is 0.331 e. The van der Waals surface area contributed by atoms with Crippen molar-refractivity contribution in [3.05, 3.63) is 76.2 Å². The fourth-order valence-electron chi connectivity index (χ4n) is 2.65. The molecule has 0 aliphatic rings. The second kappa shape index (κ2) is 4.50. The summed E-state index contributed by atoms with van der Waals surface area (Å²) in [6.07, 6.45) is 0. The van der Waals surface area contributed by atoms with Gasteiger partial charge in [0.25, 0.3) is 0 Å². The Morgan fingerprint density at radius 1 is 0.905 bits per heavy atom. The van der Waals surface area contributed by atoms with Crippen LogP contribution >= 0.6 is 11.6 Å². The van der Waals surface area contributed by atoms with Gasteiger partial charge in [-0.15, -0.1) is 0 Å². The third-order valence-corrected chi connectivity index (χ3v) is 3.87. The molecule has 0 fully saturated rings. The molecule has 0 aliphatic heterocycles. The fraction of sp³-hybridized carbons (Fsp3) is 0. The molecule has 3 nitrogen and oxygen atoms in total. The van der Waals surface area contributed by atoms with Crippen molar-refractivity contribution in [3.8, 4) is 5.69 Å². The Balaban J connectivity index is 2.05. The molecule has 0 bridgehead atoms. The van der Waals surface area contributed by atoms with E-state index in [0.29, 0.717) is 5.02 Å². The van der Waals surface area contributed by atoms with E-state index in [1.807, 2.05) is 48.5 Å². The zero-order valence-electron chi connectivity index (χ0n) is 11.0. The summed E-state index contributed by atoms with van der Waals surface area (Å²) < 4.78 is 1.65. The number of aromatic amines is 1. The lowest BCUT2D eigenvalue weighted by Crippen LogP contribution is -2.14. The predicted molar refractivity (Wildman–Crippen MR) is 86.4 cm³/mol. The summed E-state index contributed by atoms with van der Waals surface area (Å²) >= 11 is 6.05. The molecular formula is C17H11ClN2O. The highest BCUT2D eigenvalue weighted by molar-refractivity contribution is 6.31. The van der Waals surface area contributed by atoms with Gasteiger partial charge < -0.3 is 4.98 Å². The van der Waals surface area contributed by atoms with Crippen LogP contribution in [0, 0.1) is 0 Å². The molecule has 102 valence electrons. The second-order valence-electron chi connectivity index (χ2n) is 4.96. The van der Waals surface area contributed by atoms with Gasteiger partial charge in [0.2, 0.25) is 0 Å². The Morgan fingerprint density at radius 2 is 1.71 bits per heavy atom. The molecule has 1 aromatic heterocycles. The molecule has 4 rings (SSSR count). The van der Waals surface area contributed by atoms with Crippen molar-refractivity contribution in [3.63, 3.8) is 0 Å². The number of fused-ring (bicyclic) bond motifs is 2. The van der Waals surface area contributed by atoms with E-state index in [1.165, 1.54) is 0 Å². The molecule has 0 atom stereocenters. The van der Waals surface area contributed by atoms with Crippen LogP contribution in [0.2, 0.25) is 5.02 Å². The Morgan fingerprint density at radius 3 is 2.57 bits per heavy atom. The summed E-state index contributed by atoms with van der Waals surface area (Å²) in [4.78, 5) is 15.1. The molecule has 1 N–H and O–H groups in total. The van der Waals surface area contributed by atoms with Gasteiger partial charge in [-0.05, 0) is 41.1 Å². The fourth-order valence-corrected chi connectivity index (χ4v) is 2.81. The highest BCUT2D eigenvalue weighted by atomic mass is 35.5. The van der Waals surface area contributed by atoms with E-state index in [9.17, 15) is 4.79 Å². The average molecular weight is 295 g/mol. The number of hydrogen-bond donors (Lipinski definition) is 1. The normalized spacial score (nSPS) is 11.3. The molecule has 0 saturated heterocycles. The second-order valence-corrected chi connectivity index (χ2v) is 5.39. The molecule has 21 heavy (non-hydrogen) atoms. The summed E-state index contributed by atoms with van der Waals surface area (Å²) in [7, 11) is 0. The van der Waals surface area contributed by atoms with Crippen LogP contribution < -0.4 is 5.69 Å². The van der Waals surface area contributed by atoms with Crippen LogP contribution in [-0.2, 0) is 0 Å². The minimum atomic E-state index is -0.164. The lowest BCUT2D eigenvalue weighted by molar-refractivity contribution is 1.02. The first-order valence-electron chi connectivity index (χ1n) is 6.62. The first-order valence-corrected chi connectivity index (χ1v) is 7.00. The summed E-state index contributed by atoms with van der Waals surface area (Å²) in [5, 5.41) is 2.85. The zero-order chi connectivity index (χ0) is 14.4. The van der Waals surface area contributed by atoms with E-state index in [1.54, 1.807) is 16.7 Å². The molecule has 3 aromatic carbocycles. The number of halogens is 1. The first-order chi connectivity index (χ1) is 10.2. The largest absolute Gasteiger partial charge is 0.331 e. The predicted octanol–water partition coefficient (Wildman–Crippen LogP) is 4.13. The number of benzene rings is 3. The van der Waals surface area contributed by atoms with Crippen molar-refractivity contribution < 1.29 is 0 Å². The number of nitrogens with zero attached hydrogens (tertiary/aromatic N) is 1. The van der Waals surface area contributed by atoms with Crippen molar-refractivity contribution in [2.45, 2.75) is 0 Å². The van der Waals surface area contributed by atoms with Crippen LogP contribution in [0.1, 0.15) is 0 Å². The molecule has 4 heteroatoms. The van der Waals surface area contributed by atoms with E-state index < -0.39 is 0 Å². The van der Waals surface area contributed by atoms with E-state index >= 15 is 0 Å². The smallest absolute Gasteiger partial charge is 0.305 e. The Labute approximate surface area is 125 Å². The Hall–Kier alpha value is -2.52. The number of aromatic nitrogens is 2. The number of hydrogen-bond acceptors (Lipinski definition) is 1. The lowest BCUT2D eigenvalue weighted by Gasteiger charge is -2.05. The van der Waals surface area contributed by atoms with Gasteiger partial charge in [-0.25, -0.2) is 4.79 Å². The highest BCUT2D eigenvalue weighted by Crippen LogP contribution is 2.22. The minimum Gasteiger partial charge on any atom is -0.305 e. The standard InChI is InChI=1S/C17H11ClN2O/c18-13-6-8-15-16(10-13)20(17(21)19-15)14-7-5-11-3-1-2-4-12(11)9-14/h1-10H,(H,19,21). The van der Waals surface area contributed by atoms with Gasteiger partial charge in [0.05, 0.1) is 16.7 Å². The maximum absolute atomic E-state index is 12.3. The first kappa shape index (κ1) is 12.2. The van der Waals surface area contributed by atoms with E-state index in [2.05, 4.69) is 4.98 Å². The van der Waals surface area contributed by atoms with Crippen molar-refractivity contribution in [1.29, 1.82) is 0 Å². The van der Waals surface area contributed by atoms with Gasteiger partial charge >= 0.3 is 5.69 Å². The van der Waals surface area contributed by atoms with Crippen molar-refractivity contribution in [2.75, 3.05) is 0 Å². The van der Waals surface area contributed by atoms with Crippen LogP contribution in [0.15, 0.2) is 65.5 Å². The van der Waals surface area contributed by atoms with Crippen LogP contribution in [0.4, 0.5) is 0 Å². The van der Waals surface area contributed by atoms with Crippen molar-refractivity contribution >= 4 is 33.4 Å². The molecule has 0 spiro atoms. The number of rotatable bonds is 1. The number of H-pyrrole nitrogens is 1. The van der Waals surface area contributed by atoms with Crippen molar-refractivity contribution in [2.24, 2.45) is 0 Å². The van der Waals surface area contributed by atoms with Gasteiger partial charge in [0.15, 0.2) is 0 Å². The van der Waals surface area contributed by atoms with Gasteiger partial charge in [-0.1, -0.05) is 41.9 Å². The molecule has 0 saturated carbocycles. The van der Waals surface area contributed by atoms with Crippen LogP contribution in [-0.4, -0.2) is 9.55 Å². The van der Waals surface area contributed by atoms with E-state index in [0.717, 1.165) is 27.5 Å². The average Bonchev–Trinajstić information content (AvgIpc) is 2.82. The minimum absolute atomic E-state index is 0.164. The third-order valence-electron chi connectivity index (χ3n) is 3.64. The molecule has 0 aliphatic carbocycles. The molecule has 0 radical (unpaired) electrons. The maximum atomic E-state index is 12.3. The zero-order valence-corrected chi connectivity index (χ0v) is 11.8. The number of nitrogens with one attached hydrogen (secondary N) is 1. The van der Waals surface area contributed by atoms with Gasteiger partial charge in [0.1, 0.15) is 0 Å². The topological polar surface area (TPSA) is 37.8 Å². The SMILES string of the molecule is O=c1[nH]c2ccc(Cl)cc2n1-c1ccc2ccccc2c1. The third kappa shape index (κ3) is 1.94. The van der Waals surface area contributed by atoms with Crippen LogP contribution in [0.5, 0.6) is 0 Å². The molecular weight excluding hydrogens is 284 g/mol. The number of imidazole rings is 1. The quantitative estimate of drug-likeness (QED) is 0.563. The van der Waals surface area contributed by atoms with E-state index in [-0.39, 0.29) is 5.69 Å². The van der Waals surface area contributed by atoms with Crippen LogP contribution in [0.25, 0.3) is 27.5 Å². The van der Waals surface area contributed by atoms with E-state index in [4.69, 9.17) is 11.6 Å². The lowest BCUT2D eigenvalue weighted by atomic mass is 10.1. The Bertz CT molecular complexity index is 1030. The summed E-state index contributed by atoms with van der Waals surface area (Å²) in [6, 6.07) is 19.4. The molecule has 0 unspecified atom stereocenters. The van der Waals surface area contributed by atoms with Crippen LogP contribution in [0.3, 0.4) is 0 Å². The van der Waals surface area contributed by atoms with Crippen molar-refractivity contribution in [1.82, 2.24) is 9.55 Å².